The second-order valence-electron chi connectivity index (χ2n) is 5.19. The molecule has 0 spiro atoms. The van der Waals surface area contributed by atoms with E-state index >= 15 is 0 Å². The van der Waals surface area contributed by atoms with E-state index in [0.717, 1.165) is 0 Å². The standard InChI is InChI=1S/C8H6I2S4.C8H8S4.FHIP/c1-3-5(9)13-7(11-3)8-12-4(2)6(10)14-8;1-5-3-9-7(11-5)8-10-4-6(2)12-8;1-3-2/h1-2H3;3-4H,1-2H3;3H/b2*8-7+;. The average molecular weight is 895 g/mol. The minimum Gasteiger partial charge on any atom is -0.219 e. The minimum atomic E-state index is -0.447. The molecule has 29 heavy (non-hydrogen) atoms. The number of hydrogen-bond acceptors (Lipinski definition) is 8. The molecule has 0 nitrogen and oxygen atoms in total. The van der Waals surface area contributed by atoms with Gasteiger partial charge in [0, 0.05) is 9.81 Å². The van der Waals surface area contributed by atoms with Crippen LogP contribution in [0, 0.1) is 0 Å². The predicted molar refractivity (Wildman–Crippen MR) is 179 cm³/mol. The van der Waals surface area contributed by atoms with Crippen LogP contribution in [0.25, 0.3) is 0 Å². The van der Waals surface area contributed by atoms with Gasteiger partial charge in [0.05, 0.1) is 22.8 Å². The van der Waals surface area contributed by atoms with Crippen LogP contribution in [0.15, 0.2) is 53.2 Å². The number of halogens is 4. The van der Waals surface area contributed by atoms with Gasteiger partial charge >= 0.3 is 0 Å². The van der Waals surface area contributed by atoms with E-state index in [-0.39, 0.29) is 0 Å². The Labute approximate surface area is 248 Å². The summed E-state index contributed by atoms with van der Waals surface area (Å²) < 4.78 is 19.0. The monoisotopic (exact) mass is 894 g/mol. The summed E-state index contributed by atoms with van der Waals surface area (Å²) in [5.41, 5.74) is 0. The lowest BCUT2D eigenvalue weighted by atomic mass is 10.8. The second kappa shape index (κ2) is 15.0. The SMILES string of the molecule is CC1=C(I)S/C(=C2\SC(C)=C(I)S2)S1.CC1=CS/C(=C2/SC=C(C)S2)S1.FPI. The van der Waals surface area contributed by atoms with Crippen LogP contribution < -0.4 is 0 Å². The van der Waals surface area contributed by atoms with E-state index < -0.39 is 6.53 Å². The third kappa shape index (κ3) is 9.75. The van der Waals surface area contributed by atoms with Crippen LogP contribution in [0.4, 0.5) is 4.20 Å². The summed E-state index contributed by atoms with van der Waals surface area (Å²) in [5.74, 6) is 0. The van der Waals surface area contributed by atoms with Crippen LogP contribution in [0.2, 0.25) is 0 Å². The zero-order valence-electron chi connectivity index (χ0n) is 15.4. The maximum Gasteiger partial charge on any atom is 0.131 e. The maximum atomic E-state index is 10.3. The van der Waals surface area contributed by atoms with E-state index in [4.69, 9.17) is 0 Å². The zero-order chi connectivity index (χ0) is 21.6. The van der Waals surface area contributed by atoms with Crippen molar-refractivity contribution in [3.05, 3.63) is 53.2 Å². The van der Waals surface area contributed by atoms with Crippen LogP contribution in [0.1, 0.15) is 27.7 Å². The van der Waals surface area contributed by atoms with Gasteiger partial charge < -0.3 is 0 Å². The predicted octanol–water partition coefficient (Wildman–Crippen LogP) is 13.0. The van der Waals surface area contributed by atoms with Crippen LogP contribution in [0.5, 0.6) is 0 Å². The largest absolute Gasteiger partial charge is 0.219 e. The first kappa shape index (κ1) is 29.0. The smallest absolute Gasteiger partial charge is 0.131 e. The van der Waals surface area contributed by atoms with Gasteiger partial charge in [-0.2, -0.15) is 0 Å². The van der Waals surface area contributed by atoms with Crippen molar-refractivity contribution >= 4 is 168 Å². The Hall–Kier alpha value is 3.79. The molecule has 0 aromatic carbocycles. The quantitative estimate of drug-likeness (QED) is 0.172. The average Bonchev–Trinajstić information content (AvgIpc) is 3.42. The van der Waals surface area contributed by atoms with Crippen molar-refractivity contribution in [2.24, 2.45) is 0 Å². The Balaban J connectivity index is 0.000000184. The number of thioether (sulfide) groups is 8. The molecule has 0 aromatic heterocycles. The molecule has 0 aromatic rings. The molecule has 1 unspecified atom stereocenters. The highest BCUT2D eigenvalue weighted by Gasteiger charge is 2.25. The summed E-state index contributed by atoms with van der Waals surface area (Å²) in [7, 11) is 0. The lowest BCUT2D eigenvalue weighted by Crippen LogP contribution is -1.66. The Morgan fingerprint density at radius 2 is 1.00 bits per heavy atom. The fourth-order valence-corrected chi connectivity index (χ4v) is 14.0. The molecule has 0 amide bonds. The van der Waals surface area contributed by atoms with Gasteiger partial charge in [-0.05, 0) is 116 Å². The van der Waals surface area contributed by atoms with E-state index in [1.54, 1.807) is 22.0 Å². The Kier molecular flexibility index (Phi) is 15.0. The summed E-state index contributed by atoms with van der Waals surface area (Å²) in [4.78, 5) is 5.71. The van der Waals surface area contributed by atoms with Crippen molar-refractivity contribution in [1.29, 1.82) is 0 Å². The molecule has 0 fully saturated rings. The molecule has 0 aliphatic carbocycles. The molecule has 0 bridgehead atoms. The van der Waals surface area contributed by atoms with Gasteiger partial charge in [0.15, 0.2) is 0 Å². The van der Waals surface area contributed by atoms with E-state index in [9.17, 15) is 4.20 Å². The van der Waals surface area contributed by atoms with Gasteiger partial charge in [0.1, 0.15) is 6.53 Å². The van der Waals surface area contributed by atoms with Crippen LogP contribution in [0.3, 0.4) is 0 Å². The fraction of sp³-hybridized carbons (Fsp3) is 0.250. The normalized spacial score (nSPS) is 26.8. The van der Waals surface area contributed by atoms with Gasteiger partial charge in [0.25, 0.3) is 0 Å². The molecule has 160 valence electrons. The molecule has 4 aliphatic rings. The van der Waals surface area contributed by atoms with Gasteiger partial charge in [0.2, 0.25) is 0 Å². The van der Waals surface area contributed by atoms with E-state index in [1.807, 2.05) is 94.1 Å². The molecule has 4 rings (SSSR count). The van der Waals surface area contributed by atoms with Crippen LogP contribution in [-0.4, -0.2) is 0 Å². The number of allylic oxidation sites excluding steroid dienone is 4. The molecule has 0 saturated carbocycles. The molecule has 0 saturated heterocycles. The summed E-state index contributed by atoms with van der Waals surface area (Å²) in [6.45, 7) is 8.27. The van der Waals surface area contributed by atoms with Crippen molar-refractivity contribution in [2.75, 3.05) is 0 Å². The Bertz CT molecular complexity index is 749. The van der Waals surface area contributed by atoms with Crippen LogP contribution >= 0.6 is 168 Å². The lowest BCUT2D eigenvalue weighted by molar-refractivity contribution is 0.939. The molecule has 4 aliphatic heterocycles. The Morgan fingerprint density at radius 3 is 1.21 bits per heavy atom. The first-order chi connectivity index (χ1) is 13.7. The molecule has 13 heteroatoms. The maximum absolute atomic E-state index is 10.3. The second-order valence-corrected chi connectivity index (χ2v) is 20.0. The number of hydrogen-bond donors (Lipinski definition) is 0. The molecule has 0 radical (unpaired) electrons. The summed E-state index contributed by atoms with van der Waals surface area (Å²) in [6.07, 6.45) is 0. The van der Waals surface area contributed by atoms with Gasteiger partial charge in [-0.15, -0.1) is 0 Å². The highest BCUT2D eigenvalue weighted by atomic mass is 127. The number of rotatable bonds is 0. The molecule has 4 heterocycles. The highest BCUT2D eigenvalue weighted by Crippen LogP contribution is 2.61. The van der Waals surface area contributed by atoms with Gasteiger partial charge in [-0.1, -0.05) is 94.1 Å². The first-order valence-corrected chi connectivity index (χ1v) is 20.5. The van der Waals surface area contributed by atoms with Crippen molar-refractivity contribution in [2.45, 2.75) is 27.7 Å². The highest BCUT2D eigenvalue weighted by molar-refractivity contribution is 14.2. The fourth-order valence-electron chi connectivity index (χ4n) is 1.71. The van der Waals surface area contributed by atoms with E-state index in [1.165, 1.54) is 42.4 Å². The zero-order valence-corrected chi connectivity index (χ0v) is 29.4. The Morgan fingerprint density at radius 1 is 0.655 bits per heavy atom. The van der Waals surface area contributed by atoms with Gasteiger partial charge in [-0.25, -0.2) is 4.20 Å². The van der Waals surface area contributed by atoms with Crippen molar-refractivity contribution in [3.8, 4) is 0 Å². The van der Waals surface area contributed by atoms with Crippen LogP contribution in [-0.2, 0) is 0 Å². The van der Waals surface area contributed by atoms with Crippen molar-refractivity contribution in [3.63, 3.8) is 0 Å². The van der Waals surface area contributed by atoms with E-state index in [0.29, 0.717) is 0 Å². The summed E-state index contributed by atoms with van der Waals surface area (Å²) in [5, 5.41) is 4.45. The molecular formula is C16H15FI3PS8. The first-order valence-electron chi connectivity index (χ1n) is 7.66. The summed E-state index contributed by atoms with van der Waals surface area (Å²) >= 11 is 21.7. The van der Waals surface area contributed by atoms with Crippen molar-refractivity contribution in [1.82, 2.24) is 0 Å². The lowest BCUT2D eigenvalue weighted by Gasteiger charge is -2.00. The van der Waals surface area contributed by atoms with Crippen molar-refractivity contribution < 1.29 is 4.20 Å². The minimum absolute atomic E-state index is 0.447. The topological polar surface area (TPSA) is 0 Å². The molecular weight excluding hydrogens is 879 g/mol. The molecule has 0 N–H and O–H groups in total. The third-order valence-corrected chi connectivity index (χ3v) is 17.2. The summed E-state index contributed by atoms with van der Waals surface area (Å²) in [6, 6.07) is 0. The third-order valence-electron chi connectivity index (χ3n) is 2.91. The van der Waals surface area contributed by atoms with Gasteiger partial charge in [-0.3, -0.25) is 0 Å². The molecule has 1 atom stereocenters. The van der Waals surface area contributed by atoms with E-state index in [2.05, 4.69) is 83.7 Å².